The van der Waals surface area contributed by atoms with Gasteiger partial charge in [0, 0.05) is 18.3 Å². The van der Waals surface area contributed by atoms with Crippen LogP contribution in [-0.4, -0.2) is 19.7 Å². The summed E-state index contributed by atoms with van der Waals surface area (Å²) in [5, 5.41) is 4.37. The summed E-state index contributed by atoms with van der Waals surface area (Å²) in [4.78, 5) is 18.1. The van der Waals surface area contributed by atoms with Crippen LogP contribution in [0.2, 0.25) is 5.02 Å². The van der Waals surface area contributed by atoms with Gasteiger partial charge in [-0.1, -0.05) is 41.9 Å². The largest absolute Gasteiger partial charge is 0.327 e. The second kappa shape index (κ2) is 5.93. The molecule has 0 aliphatic rings. The first-order chi connectivity index (χ1) is 10.2. The Bertz CT molecular complexity index is 795. The van der Waals surface area contributed by atoms with E-state index in [1.807, 2.05) is 18.2 Å². The highest BCUT2D eigenvalue weighted by Crippen LogP contribution is 2.17. The molecule has 0 bridgehead atoms. The minimum absolute atomic E-state index is 0.144. The highest BCUT2D eigenvalue weighted by molar-refractivity contribution is 6.30. The number of aryl methyl sites for hydroxylation is 2. The van der Waals surface area contributed by atoms with Crippen LogP contribution < -0.4 is 5.56 Å². The third kappa shape index (κ3) is 3.03. The van der Waals surface area contributed by atoms with Gasteiger partial charge in [0.05, 0.1) is 0 Å². The van der Waals surface area contributed by atoms with Gasteiger partial charge in [0.2, 0.25) is 0 Å². The van der Waals surface area contributed by atoms with E-state index < -0.39 is 0 Å². The summed E-state index contributed by atoms with van der Waals surface area (Å²) in [7, 11) is 0. The van der Waals surface area contributed by atoms with Crippen LogP contribution in [0.4, 0.5) is 0 Å². The van der Waals surface area contributed by atoms with Crippen molar-refractivity contribution in [2.24, 2.45) is 0 Å². The summed E-state index contributed by atoms with van der Waals surface area (Å²) in [6.45, 7) is 0.704. The molecule has 1 aromatic carbocycles. The summed E-state index contributed by atoms with van der Waals surface area (Å²) in [6.07, 6.45) is 3.95. The molecule has 106 valence electrons. The number of aromatic amines is 1. The Morgan fingerprint density at radius 1 is 1.24 bits per heavy atom. The Balaban J connectivity index is 1.83. The Hall–Kier alpha value is -2.40. The van der Waals surface area contributed by atoms with Crippen molar-refractivity contribution in [1.82, 2.24) is 19.7 Å². The SMILES string of the molecule is O=c1[nH]cc(-c2ncnn2CCc2ccccc2)cc1Cl. The zero-order valence-electron chi connectivity index (χ0n) is 11.2. The molecule has 3 rings (SSSR count). The van der Waals surface area contributed by atoms with Crippen LogP contribution in [0.25, 0.3) is 11.4 Å². The number of H-pyrrole nitrogens is 1. The van der Waals surface area contributed by atoms with E-state index in [4.69, 9.17) is 11.6 Å². The van der Waals surface area contributed by atoms with Gasteiger partial charge in [-0.25, -0.2) is 9.67 Å². The summed E-state index contributed by atoms with van der Waals surface area (Å²) in [5.74, 6) is 0.684. The lowest BCUT2D eigenvalue weighted by molar-refractivity contribution is 0.620. The standard InChI is InChI=1S/C15H13ClN4O/c16-13-8-12(9-17-15(13)21)14-18-10-19-20(14)7-6-11-4-2-1-3-5-11/h1-5,8-10H,6-7H2,(H,17,21). The number of rotatable bonds is 4. The molecule has 0 spiro atoms. The molecular weight excluding hydrogens is 288 g/mol. The van der Waals surface area contributed by atoms with Crippen molar-refractivity contribution in [2.45, 2.75) is 13.0 Å². The molecule has 0 aliphatic heterocycles. The first-order valence-electron chi connectivity index (χ1n) is 6.54. The topological polar surface area (TPSA) is 63.6 Å². The molecule has 5 nitrogen and oxygen atoms in total. The fraction of sp³-hybridized carbons (Fsp3) is 0.133. The predicted molar refractivity (Wildman–Crippen MR) is 81.2 cm³/mol. The molecule has 0 radical (unpaired) electrons. The Morgan fingerprint density at radius 2 is 2.05 bits per heavy atom. The van der Waals surface area contributed by atoms with E-state index in [9.17, 15) is 4.79 Å². The van der Waals surface area contributed by atoms with Crippen LogP contribution in [0.3, 0.4) is 0 Å². The van der Waals surface area contributed by atoms with Gasteiger partial charge >= 0.3 is 0 Å². The quantitative estimate of drug-likeness (QED) is 0.805. The highest BCUT2D eigenvalue weighted by atomic mass is 35.5. The maximum absolute atomic E-state index is 11.3. The van der Waals surface area contributed by atoms with Gasteiger partial charge < -0.3 is 4.98 Å². The first kappa shape index (κ1) is 13.6. The normalized spacial score (nSPS) is 10.7. The van der Waals surface area contributed by atoms with Crippen LogP contribution in [0.1, 0.15) is 5.56 Å². The van der Waals surface area contributed by atoms with Crippen molar-refractivity contribution in [3.05, 3.63) is 69.9 Å². The molecule has 0 amide bonds. The zero-order chi connectivity index (χ0) is 14.7. The second-order valence-electron chi connectivity index (χ2n) is 4.61. The van der Waals surface area contributed by atoms with Crippen LogP contribution in [0, 0.1) is 0 Å². The first-order valence-corrected chi connectivity index (χ1v) is 6.92. The molecule has 0 saturated heterocycles. The summed E-state index contributed by atoms with van der Waals surface area (Å²) < 4.78 is 1.80. The number of pyridine rings is 1. The monoisotopic (exact) mass is 300 g/mol. The van der Waals surface area contributed by atoms with Crippen molar-refractivity contribution < 1.29 is 0 Å². The van der Waals surface area contributed by atoms with Crippen molar-refractivity contribution in [3.8, 4) is 11.4 Å². The van der Waals surface area contributed by atoms with Crippen molar-refractivity contribution >= 4 is 11.6 Å². The maximum Gasteiger partial charge on any atom is 0.266 e. The number of nitrogens with one attached hydrogen (secondary N) is 1. The lowest BCUT2D eigenvalue weighted by atomic mass is 10.1. The maximum atomic E-state index is 11.3. The number of hydrogen-bond donors (Lipinski definition) is 1. The zero-order valence-corrected chi connectivity index (χ0v) is 11.9. The Labute approximate surface area is 126 Å². The third-order valence-electron chi connectivity index (χ3n) is 3.19. The van der Waals surface area contributed by atoms with Crippen LogP contribution in [0.15, 0.2) is 53.7 Å². The van der Waals surface area contributed by atoms with Gasteiger partial charge in [-0.2, -0.15) is 5.10 Å². The van der Waals surface area contributed by atoms with Gasteiger partial charge in [-0.05, 0) is 18.1 Å². The number of benzene rings is 1. The lowest BCUT2D eigenvalue weighted by Crippen LogP contribution is -2.08. The van der Waals surface area contributed by atoms with Crippen molar-refractivity contribution in [2.75, 3.05) is 0 Å². The van der Waals surface area contributed by atoms with E-state index in [1.54, 1.807) is 16.9 Å². The Morgan fingerprint density at radius 3 is 2.81 bits per heavy atom. The average Bonchev–Trinajstić information content (AvgIpc) is 2.97. The molecule has 0 unspecified atom stereocenters. The molecule has 2 heterocycles. The van der Waals surface area contributed by atoms with Gasteiger partial charge in [0.1, 0.15) is 11.3 Å². The fourth-order valence-corrected chi connectivity index (χ4v) is 2.29. The molecule has 21 heavy (non-hydrogen) atoms. The average molecular weight is 301 g/mol. The van der Waals surface area contributed by atoms with Gasteiger partial charge in [-0.15, -0.1) is 0 Å². The molecule has 0 aliphatic carbocycles. The van der Waals surface area contributed by atoms with E-state index >= 15 is 0 Å². The summed E-state index contributed by atoms with van der Waals surface area (Å²) in [6, 6.07) is 11.8. The van der Waals surface area contributed by atoms with Crippen LogP contribution >= 0.6 is 11.6 Å². The van der Waals surface area contributed by atoms with E-state index in [2.05, 4.69) is 27.2 Å². The van der Waals surface area contributed by atoms with Crippen molar-refractivity contribution in [3.63, 3.8) is 0 Å². The van der Waals surface area contributed by atoms with E-state index in [0.29, 0.717) is 12.4 Å². The molecule has 0 atom stereocenters. The lowest BCUT2D eigenvalue weighted by Gasteiger charge is -2.06. The number of aromatic nitrogens is 4. The minimum atomic E-state index is -0.309. The van der Waals surface area contributed by atoms with Gasteiger partial charge in [-0.3, -0.25) is 4.79 Å². The van der Waals surface area contributed by atoms with Crippen molar-refractivity contribution in [1.29, 1.82) is 0 Å². The highest BCUT2D eigenvalue weighted by Gasteiger charge is 2.09. The molecule has 1 N–H and O–H groups in total. The minimum Gasteiger partial charge on any atom is -0.327 e. The predicted octanol–water partition coefficient (Wildman–Crippen LogP) is 2.53. The van der Waals surface area contributed by atoms with Crippen LogP contribution in [-0.2, 0) is 13.0 Å². The number of halogens is 1. The van der Waals surface area contributed by atoms with Gasteiger partial charge in [0.15, 0.2) is 5.82 Å². The summed E-state index contributed by atoms with van der Waals surface area (Å²) >= 11 is 5.85. The third-order valence-corrected chi connectivity index (χ3v) is 3.47. The van der Waals surface area contributed by atoms with E-state index in [-0.39, 0.29) is 10.6 Å². The summed E-state index contributed by atoms with van der Waals surface area (Å²) in [5.41, 5.74) is 1.67. The molecule has 3 aromatic rings. The Kier molecular flexibility index (Phi) is 3.83. The van der Waals surface area contributed by atoms with Crippen LogP contribution in [0.5, 0.6) is 0 Å². The number of nitrogens with zero attached hydrogens (tertiary/aromatic N) is 3. The van der Waals surface area contributed by atoms with E-state index in [1.165, 1.54) is 11.9 Å². The molecule has 6 heteroatoms. The molecular formula is C15H13ClN4O. The molecule has 0 saturated carbocycles. The second-order valence-corrected chi connectivity index (χ2v) is 5.02. The fourth-order valence-electron chi connectivity index (χ4n) is 2.12. The van der Waals surface area contributed by atoms with Gasteiger partial charge in [0.25, 0.3) is 5.56 Å². The van der Waals surface area contributed by atoms with E-state index in [0.717, 1.165) is 12.0 Å². The number of hydrogen-bond acceptors (Lipinski definition) is 3. The smallest absolute Gasteiger partial charge is 0.266 e. The molecule has 0 fully saturated rings. The molecule has 2 aromatic heterocycles.